The van der Waals surface area contributed by atoms with E-state index in [2.05, 4.69) is 32.5 Å². The summed E-state index contributed by atoms with van der Waals surface area (Å²) in [6, 6.07) is 15.8. The number of carbonyl (C=O) groups is 2. The molecule has 0 saturated heterocycles. The number of pyridine rings is 1. The largest absolute Gasteiger partial charge is 0.358 e. The van der Waals surface area contributed by atoms with Crippen LogP contribution in [0.15, 0.2) is 60.9 Å². The number of hydrogen-bond donors (Lipinski definition) is 2. The van der Waals surface area contributed by atoms with Crippen molar-refractivity contribution in [1.82, 2.24) is 19.7 Å². The second kappa shape index (κ2) is 8.86. The number of rotatable bonds is 6. The zero-order valence-electron chi connectivity index (χ0n) is 18.5. The van der Waals surface area contributed by atoms with Crippen molar-refractivity contribution in [3.05, 3.63) is 89.0 Å². The third-order valence-electron chi connectivity index (χ3n) is 6.09. The zero-order chi connectivity index (χ0) is 22.8. The van der Waals surface area contributed by atoms with Gasteiger partial charge in [0.2, 0.25) is 5.91 Å². The Hall–Kier alpha value is -4.00. The lowest BCUT2D eigenvalue weighted by atomic mass is 9.90. The van der Waals surface area contributed by atoms with Gasteiger partial charge in [-0.3, -0.25) is 14.3 Å². The van der Waals surface area contributed by atoms with Gasteiger partial charge in [0.15, 0.2) is 5.78 Å². The van der Waals surface area contributed by atoms with Gasteiger partial charge < -0.3 is 10.3 Å². The Balaban J connectivity index is 1.47. The number of carbonyl (C=O) groups excluding carboxylic acids is 2. The first-order valence-electron chi connectivity index (χ1n) is 11.1. The lowest BCUT2D eigenvalue weighted by Gasteiger charge is -2.12. The smallest absolute Gasteiger partial charge is 0.231 e. The number of nitrogens with one attached hydrogen (secondary N) is 2. The zero-order valence-corrected chi connectivity index (χ0v) is 18.5. The van der Waals surface area contributed by atoms with Crippen LogP contribution < -0.4 is 5.32 Å². The van der Waals surface area contributed by atoms with Crippen molar-refractivity contribution in [2.24, 2.45) is 7.05 Å². The summed E-state index contributed by atoms with van der Waals surface area (Å²) in [7, 11) is 1.81. The third kappa shape index (κ3) is 4.35. The first-order valence-corrected chi connectivity index (χ1v) is 11.1. The van der Waals surface area contributed by atoms with Crippen molar-refractivity contribution < 1.29 is 9.59 Å². The molecule has 0 fully saturated rings. The van der Waals surface area contributed by atoms with Crippen molar-refractivity contribution in [2.75, 3.05) is 5.32 Å². The van der Waals surface area contributed by atoms with Gasteiger partial charge in [-0.2, -0.15) is 5.10 Å². The van der Waals surface area contributed by atoms with Crippen LogP contribution in [0.4, 0.5) is 5.82 Å². The molecule has 0 aliphatic heterocycles. The van der Waals surface area contributed by atoms with Crippen LogP contribution in [-0.2, 0) is 31.1 Å². The number of fused-ring (bicyclic) bond motifs is 1. The van der Waals surface area contributed by atoms with Crippen LogP contribution >= 0.6 is 0 Å². The molecule has 0 bridgehead atoms. The molecule has 1 aromatic carbocycles. The van der Waals surface area contributed by atoms with Gasteiger partial charge in [-0.25, -0.2) is 4.98 Å². The lowest BCUT2D eigenvalue weighted by Crippen LogP contribution is -2.17. The highest BCUT2D eigenvalue weighted by atomic mass is 16.1. The van der Waals surface area contributed by atoms with E-state index in [0.717, 1.165) is 52.2 Å². The number of H-pyrrole nitrogens is 1. The molecule has 0 unspecified atom stereocenters. The average Bonchev–Trinajstić information content (AvgIpc) is 3.39. The summed E-state index contributed by atoms with van der Waals surface area (Å²) >= 11 is 0. The van der Waals surface area contributed by atoms with Crippen LogP contribution in [0.5, 0.6) is 0 Å². The number of aryl methyl sites for hydroxylation is 2. The van der Waals surface area contributed by atoms with Crippen molar-refractivity contribution in [1.29, 1.82) is 0 Å². The van der Waals surface area contributed by atoms with E-state index in [9.17, 15) is 9.59 Å². The minimum Gasteiger partial charge on any atom is -0.358 e. The minimum absolute atomic E-state index is 0.159. The Morgan fingerprint density at radius 2 is 1.97 bits per heavy atom. The molecular weight excluding hydrogens is 414 g/mol. The molecule has 1 aliphatic carbocycles. The molecule has 3 aromatic heterocycles. The predicted octanol–water partition coefficient (Wildman–Crippen LogP) is 4.10. The number of Topliss-reactive ketones (excluding diaryl/α,β-unsaturated/α-hetero) is 1. The highest BCUT2D eigenvalue weighted by Crippen LogP contribution is 2.35. The Kier molecular flexibility index (Phi) is 5.60. The Labute approximate surface area is 191 Å². The van der Waals surface area contributed by atoms with Gasteiger partial charge >= 0.3 is 0 Å². The van der Waals surface area contributed by atoms with Crippen LogP contribution in [0, 0.1) is 0 Å². The Morgan fingerprint density at radius 1 is 1.12 bits per heavy atom. The summed E-state index contributed by atoms with van der Waals surface area (Å²) in [6.45, 7) is 0. The first kappa shape index (κ1) is 20.9. The van der Waals surface area contributed by atoms with Crippen molar-refractivity contribution in [3.8, 4) is 11.3 Å². The SMILES string of the molecule is Cn1nccc1CC(=O)Nc1cc(-c2[nH]c3c(c2Cc2ccccc2)C(=O)CCC3)ccn1. The fourth-order valence-electron chi connectivity index (χ4n) is 4.47. The number of aromatic amines is 1. The molecule has 1 amide bonds. The standard InChI is InChI=1S/C26H25N5O2/c1-31-19(11-13-28-31)16-24(33)30-23-15-18(10-12-27-23)26-20(14-17-6-3-2-4-7-17)25-21(29-26)8-5-9-22(25)32/h2-4,6-7,10-13,15,29H,5,8-9,14,16H2,1H3,(H,27,30,33). The molecule has 0 spiro atoms. The molecule has 3 heterocycles. The highest BCUT2D eigenvalue weighted by Gasteiger charge is 2.26. The van der Waals surface area contributed by atoms with E-state index in [1.807, 2.05) is 43.4 Å². The van der Waals surface area contributed by atoms with Gasteiger partial charge in [-0.15, -0.1) is 0 Å². The molecule has 5 rings (SSSR count). The maximum Gasteiger partial charge on any atom is 0.231 e. The minimum atomic E-state index is -0.159. The average molecular weight is 440 g/mol. The maximum absolute atomic E-state index is 12.8. The van der Waals surface area contributed by atoms with Gasteiger partial charge in [0.25, 0.3) is 0 Å². The summed E-state index contributed by atoms with van der Waals surface area (Å²) in [5, 5.41) is 6.99. The number of aromatic nitrogens is 4. The van der Waals surface area contributed by atoms with Crippen LogP contribution in [-0.4, -0.2) is 31.4 Å². The second-order valence-electron chi connectivity index (χ2n) is 8.37. The quantitative estimate of drug-likeness (QED) is 0.473. The van der Waals surface area contributed by atoms with E-state index >= 15 is 0 Å². The molecule has 0 saturated carbocycles. The molecule has 33 heavy (non-hydrogen) atoms. The van der Waals surface area contributed by atoms with Gasteiger partial charge in [0.1, 0.15) is 5.82 Å². The van der Waals surface area contributed by atoms with E-state index in [-0.39, 0.29) is 18.1 Å². The van der Waals surface area contributed by atoms with Gasteiger partial charge in [0.05, 0.1) is 12.1 Å². The number of amides is 1. The molecular formula is C26H25N5O2. The number of anilines is 1. The van der Waals surface area contributed by atoms with Gasteiger partial charge in [0, 0.05) is 54.8 Å². The predicted molar refractivity (Wildman–Crippen MR) is 126 cm³/mol. The monoisotopic (exact) mass is 439 g/mol. The molecule has 2 N–H and O–H groups in total. The first-order chi connectivity index (χ1) is 16.1. The van der Waals surface area contributed by atoms with Gasteiger partial charge in [-0.1, -0.05) is 30.3 Å². The summed E-state index contributed by atoms with van der Waals surface area (Å²) < 4.78 is 1.68. The van der Waals surface area contributed by atoms with Crippen LogP contribution in [0.3, 0.4) is 0 Å². The fourth-order valence-corrected chi connectivity index (χ4v) is 4.47. The summed E-state index contributed by atoms with van der Waals surface area (Å²) in [4.78, 5) is 33.2. The lowest BCUT2D eigenvalue weighted by molar-refractivity contribution is -0.115. The Bertz CT molecular complexity index is 1320. The number of benzene rings is 1. The maximum atomic E-state index is 12.8. The van der Waals surface area contributed by atoms with E-state index in [1.54, 1.807) is 17.1 Å². The summed E-state index contributed by atoms with van der Waals surface area (Å²) in [6.07, 6.45) is 6.54. The van der Waals surface area contributed by atoms with Crippen LogP contribution in [0.2, 0.25) is 0 Å². The highest BCUT2D eigenvalue weighted by molar-refractivity contribution is 6.01. The molecule has 166 valence electrons. The normalized spacial score (nSPS) is 13.1. The topological polar surface area (TPSA) is 92.7 Å². The number of ketones is 1. The van der Waals surface area contributed by atoms with E-state index in [0.29, 0.717) is 18.7 Å². The number of hydrogen-bond acceptors (Lipinski definition) is 4. The van der Waals surface area contributed by atoms with Crippen LogP contribution in [0.25, 0.3) is 11.3 Å². The molecule has 1 aliphatic rings. The van der Waals surface area contributed by atoms with Crippen molar-refractivity contribution in [3.63, 3.8) is 0 Å². The fraction of sp³-hybridized carbons (Fsp3) is 0.231. The van der Waals surface area contributed by atoms with Crippen LogP contribution in [0.1, 0.15) is 45.7 Å². The van der Waals surface area contributed by atoms with Crippen molar-refractivity contribution in [2.45, 2.75) is 32.1 Å². The van der Waals surface area contributed by atoms with E-state index in [4.69, 9.17) is 0 Å². The Morgan fingerprint density at radius 3 is 2.76 bits per heavy atom. The summed E-state index contributed by atoms with van der Waals surface area (Å²) in [5.74, 6) is 0.515. The van der Waals surface area contributed by atoms with E-state index in [1.165, 1.54) is 0 Å². The van der Waals surface area contributed by atoms with Crippen molar-refractivity contribution >= 4 is 17.5 Å². The van der Waals surface area contributed by atoms with E-state index < -0.39 is 0 Å². The molecule has 0 radical (unpaired) electrons. The third-order valence-corrected chi connectivity index (χ3v) is 6.09. The van der Waals surface area contributed by atoms with Gasteiger partial charge in [-0.05, 0) is 42.2 Å². The number of nitrogens with zero attached hydrogens (tertiary/aromatic N) is 3. The second-order valence-corrected chi connectivity index (χ2v) is 8.37. The molecule has 7 nitrogen and oxygen atoms in total. The molecule has 0 atom stereocenters. The molecule has 7 heteroatoms. The molecule has 4 aromatic rings. The summed E-state index contributed by atoms with van der Waals surface area (Å²) in [5.41, 5.74) is 6.64.